The van der Waals surface area contributed by atoms with Crippen molar-refractivity contribution in [2.75, 3.05) is 17.7 Å². The monoisotopic (exact) mass is 262 g/mol. The first-order valence-electron chi connectivity index (χ1n) is 5.44. The fraction of sp³-hybridized carbons (Fsp3) is 0.154. The van der Waals surface area contributed by atoms with Gasteiger partial charge in [0.1, 0.15) is 0 Å². The van der Waals surface area contributed by atoms with Gasteiger partial charge in [-0.3, -0.25) is 0 Å². The highest BCUT2D eigenvalue weighted by atomic mass is 32.1. The van der Waals surface area contributed by atoms with Crippen LogP contribution in [0.4, 0.5) is 11.4 Å². The minimum absolute atomic E-state index is 0.144. The van der Waals surface area contributed by atoms with Gasteiger partial charge in [0.15, 0.2) is 0 Å². The second-order valence-corrected chi connectivity index (χ2v) is 5.04. The number of nitrogen functional groups attached to an aromatic ring is 1. The standard InChI is InChI=1S/C13H14N2O2S/c1-15(8-10-3-2-6-18-10)9-4-5-12(14)11(7-9)13(16)17/h2-7H,8,14H2,1H3,(H,16,17). The summed E-state index contributed by atoms with van der Waals surface area (Å²) >= 11 is 1.68. The van der Waals surface area contributed by atoms with E-state index in [0.29, 0.717) is 0 Å². The molecule has 5 heteroatoms. The van der Waals surface area contributed by atoms with Gasteiger partial charge < -0.3 is 15.7 Å². The minimum Gasteiger partial charge on any atom is -0.478 e. The van der Waals surface area contributed by atoms with E-state index in [1.54, 1.807) is 23.5 Å². The number of benzene rings is 1. The Hall–Kier alpha value is -2.01. The number of rotatable bonds is 4. The van der Waals surface area contributed by atoms with Gasteiger partial charge in [-0.15, -0.1) is 11.3 Å². The molecule has 0 aliphatic heterocycles. The van der Waals surface area contributed by atoms with Crippen LogP contribution in [0.2, 0.25) is 0 Å². The van der Waals surface area contributed by atoms with Crippen molar-refractivity contribution < 1.29 is 9.90 Å². The second-order valence-electron chi connectivity index (χ2n) is 4.01. The molecule has 1 aromatic heterocycles. The summed E-state index contributed by atoms with van der Waals surface area (Å²) in [6, 6.07) is 9.11. The molecule has 18 heavy (non-hydrogen) atoms. The van der Waals surface area contributed by atoms with Gasteiger partial charge in [-0.2, -0.15) is 0 Å². The molecule has 0 saturated carbocycles. The molecule has 0 aliphatic carbocycles. The number of anilines is 2. The molecule has 3 N–H and O–H groups in total. The maximum Gasteiger partial charge on any atom is 0.337 e. The first kappa shape index (κ1) is 12.4. The molecular weight excluding hydrogens is 248 g/mol. The highest BCUT2D eigenvalue weighted by molar-refractivity contribution is 7.09. The lowest BCUT2D eigenvalue weighted by molar-refractivity contribution is 0.0698. The molecule has 2 aromatic rings. The first-order valence-corrected chi connectivity index (χ1v) is 6.32. The predicted octanol–water partition coefficient (Wildman–Crippen LogP) is 2.66. The number of aromatic carboxylic acids is 1. The molecular formula is C13H14N2O2S. The molecule has 0 spiro atoms. The zero-order valence-corrected chi connectivity index (χ0v) is 10.8. The fourth-order valence-corrected chi connectivity index (χ4v) is 2.45. The summed E-state index contributed by atoms with van der Waals surface area (Å²) in [5.41, 5.74) is 6.90. The molecule has 0 radical (unpaired) electrons. The van der Waals surface area contributed by atoms with Crippen LogP contribution in [0.1, 0.15) is 15.2 Å². The van der Waals surface area contributed by atoms with E-state index in [2.05, 4.69) is 6.07 Å². The van der Waals surface area contributed by atoms with E-state index >= 15 is 0 Å². The molecule has 0 fully saturated rings. The van der Waals surface area contributed by atoms with Crippen LogP contribution in [0.3, 0.4) is 0 Å². The van der Waals surface area contributed by atoms with Gasteiger partial charge in [0.25, 0.3) is 0 Å². The summed E-state index contributed by atoms with van der Waals surface area (Å²) < 4.78 is 0. The predicted molar refractivity (Wildman–Crippen MR) is 74.2 cm³/mol. The highest BCUT2D eigenvalue weighted by Gasteiger charge is 2.11. The summed E-state index contributed by atoms with van der Waals surface area (Å²) in [6.07, 6.45) is 0. The third kappa shape index (κ3) is 2.62. The lowest BCUT2D eigenvalue weighted by atomic mass is 10.1. The Morgan fingerprint density at radius 2 is 2.22 bits per heavy atom. The van der Waals surface area contributed by atoms with Gasteiger partial charge in [-0.05, 0) is 29.6 Å². The molecule has 1 aromatic carbocycles. The molecule has 0 saturated heterocycles. The second kappa shape index (κ2) is 5.10. The number of carbonyl (C=O) groups is 1. The summed E-state index contributed by atoms with van der Waals surface area (Å²) in [4.78, 5) is 14.2. The van der Waals surface area contributed by atoms with E-state index < -0.39 is 5.97 Å². The molecule has 4 nitrogen and oxygen atoms in total. The van der Waals surface area contributed by atoms with Crippen molar-refractivity contribution in [3.05, 3.63) is 46.2 Å². The minimum atomic E-state index is -1.00. The van der Waals surface area contributed by atoms with Crippen molar-refractivity contribution >= 4 is 28.7 Å². The van der Waals surface area contributed by atoms with Gasteiger partial charge >= 0.3 is 5.97 Å². The first-order chi connectivity index (χ1) is 8.58. The van der Waals surface area contributed by atoms with Gasteiger partial charge in [0, 0.05) is 23.3 Å². The average Bonchev–Trinajstić information content (AvgIpc) is 2.81. The smallest absolute Gasteiger partial charge is 0.337 e. The van der Waals surface area contributed by atoms with Crippen molar-refractivity contribution in [1.82, 2.24) is 0 Å². The SMILES string of the molecule is CN(Cc1cccs1)c1ccc(N)c(C(=O)O)c1. The molecule has 0 unspecified atom stereocenters. The molecule has 0 amide bonds. The molecule has 1 heterocycles. The van der Waals surface area contributed by atoms with E-state index in [0.717, 1.165) is 12.2 Å². The van der Waals surface area contributed by atoms with Crippen LogP contribution >= 0.6 is 11.3 Å². The van der Waals surface area contributed by atoms with Gasteiger partial charge in [-0.25, -0.2) is 4.79 Å². The largest absolute Gasteiger partial charge is 0.478 e. The topological polar surface area (TPSA) is 66.6 Å². The summed E-state index contributed by atoms with van der Waals surface area (Å²) in [5.74, 6) is -1.00. The van der Waals surface area contributed by atoms with E-state index in [9.17, 15) is 4.79 Å². The Labute approximate surface area is 109 Å². The van der Waals surface area contributed by atoms with Crippen LogP contribution < -0.4 is 10.6 Å². The zero-order valence-electron chi connectivity index (χ0n) is 9.96. The van der Waals surface area contributed by atoms with Crippen LogP contribution in [-0.4, -0.2) is 18.1 Å². The maximum atomic E-state index is 11.0. The van der Waals surface area contributed by atoms with Crippen LogP contribution in [0.25, 0.3) is 0 Å². The Morgan fingerprint density at radius 1 is 1.44 bits per heavy atom. The number of nitrogens with two attached hydrogens (primary N) is 1. The molecule has 2 rings (SSSR count). The number of thiophene rings is 1. The number of hydrogen-bond acceptors (Lipinski definition) is 4. The molecule has 94 valence electrons. The molecule has 0 atom stereocenters. The van der Waals surface area contributed by atoms with Crippen LogP contribution in [-0.2, 0) is 6.54 Å². The Bertz CT molecular complexity index is 552. The summed E-state index contributed by atoms with van der Waals surface area (Å²) in [5, 5.41) is 11.1. The average molecular weight is 262 g/mol. The van der Waals surface area contributed by atoms with Gasteiger partial charge in [-0.1, -0.05) is 6.07 Å². The summed E-state index contributed by atoms with van der Waals surface area (Å²) in [6.45, 7) is 0.751. The number of carboxylic acids is 1. The van der Waals surface area contributed by atoms with Crippen LogP contribution in [0.15, 0.2) is 35.7 Å². The van der Waals surface area contributed by atoms with Gasteiger partial charge in [0.2, 0.25) is 0 Å². The number of carboxylic acid groups (broad SMARTS) is 1. The third-order valence-electron chi connectivity index (χ3n) is 2.68. The maximum absolute atomic E-state index is 11.0. The van der Waals surface area contributed by atoms with E-state index in [1.165, 1.54) is 4.88 Å². The van der Waals surface area contributed by atoms with Crippen molar-refractivity contribution in [2.24, 2.45) is 0 Å². The van der Waals surface area contributed by atoms with Crippen molar-refractivity contribution in [3.8, 4) is 0 Å². The Balaban J connectivity index is 2.22. The lowest BCUT2D eigenvalue weighted by Gasteiger charge is -2.19. The quantitative estimate of drug-likeness (QED) is 0.831. The number of hydrogen-bond donors (Lipinski definition) is 2. The third-order valence-corrected chi connectivity index (χ3v) is 3.54. The summed E-state index contributed by atoms with van der Waals surface area (Å²) in [7, 11) is 1.93. The zero-order chi connectivity index (χ0) is 13.1. The molecule has 0 bridgehead atoms. The number of nitrogens with zero attached hydrogens (tertiary/aromatic N) is 1. The Morgan fingerprint density at radius 3 is 2.83 bits per heavy atom. The fourth-order valence-electron chi connectivity index (χ4n) is 1.69. The Kier molecular flexibility index (Phi) is 3.53. The van der Waals surface area contributed by atoms with E-state index in [4.69, 9.17) is 10.8 Å². The normalized spacial score (nSPS) is 10.3. The molecule has 0 aliphatic rings. The van der Waals surface area contributed by atoms with Crippen molar-refractivity contribution in [2.45, 2.75) is 6.54 Å². The van der Waals surface area contributed by atoms with Crippen LogP contribution in [0, 0.1) is 0 Å². The van der Waals surface area contributed by atoms with Crippen molar-refractivity contribution in [1.29, 1.82) is 0 Å². The van der Waals surface area contributed by atoms with E-state index in [1.807, 2.05) is 29.5 Å². The van der Waals surface area contributed by atoms with Crippen LogP contribution in [0.5, 0.6) is 0 Å². The van der Waals surface area contributed by atoms with Gasteiger partial charge in [0.05, 0.1) is 12.1 Å². The van der Waals surface area contributed by atoms with Crippen molar-refractivity contribution in [3.63, 3.8) is 0 Å². The van der Waals surface area contributed by atoms with E-state index in [-0.39, 0.29) is 11.3 Å². The lowest BCUT2D eigenvalue weighted by Crippen LogP contribution is -2.16. The highest BCUT2D eigenvalue weighted by Crippen LogP contribution is 2.22.